The van der Waals surface area contributed by atoms with Crippen LogP contribution in [0.4, 0.5) is 0 Å². The van der Waals surface area contributed by atoms with Crippen LogP contribution in [0.25, 0.3) is 0 Å². The number of likely N-dealkylation sites (tertiary alicyclic amines) is 1. The van der Waals surface area contributed by atoms with E-state index in [-0.39, 0.29) is 0 Å². The van der Waals surface area contributed by atoms with E-state index in [0.29, 0.717) is 0 Å². The van der Waals surface area contributed by atoms with Crippen LogP contribution in [0.1, 0.15) is 19.8 Å². The second kappa shape index (κ2) is 5.48. The van der Waals surface area contributed by atoms with Gasteiger partial charge in [-0.3, -0.25) is 0 Å². The molecule has 0 spiro atoms. The van der Waals surface area contributed by atoms with Gasteiger partial charge in [0.05, 0.1) is 0 Å². The van der Waals surface area contributed by atoms with Gasteiger partial charge in [0.1, 0.15) is 0 Å². The average molecular weight is 225 g/mol. The summed E-state index contributed by atoms with van der Waals surface area (Å²) < 4.78 is 0. The lowest BCUT2D eigenvalue weighted by molar-refractivity contribution is 0.219. The van der Waals surface area contributed by atoms with Crippen molar-refractivity contribution < 1.29 is 0 Å². The third-order valence-corrected chi connectivity index (χ3v) is 4.29. The van der Waals surface area contributed by atoms with Crippen molar-refractivity contribution >= 4 is 0 Å². The lowest BCUT2D eigenvalue weighted by Crippen LogP contribution is -2.37. The SMILES string of the molecule is CC1CN(CC2CCNCC2)CC1N(C)C. The van der Waals surface area contributed by atoms with E-state index in [1.165, 1.54) is 45.6 Å². The fourth-order valence-corrected chi connectivity index (χ4v) is 3.30. The highest BCUT2D eigenvalue weighted by Gasteiger charge is 2.31. The first-order valence-corrected chi connectivity index (χ1v) is 6.76. The van der Waals surface area contributed by atoms with Crippen LogP contribution in [-0.2, 0) is 0 Å². The minimum absolute atomic E-state index is 0.765. The molecule has 2 heterocycles. The topological polar surface area (TPSA) is 18.5 Å². The summed E-state index contributed by atoms with van der Waals surface area (Å²) in [7, 11) is 4.43. The molecule has 0 aromatic heterocycles. The van der Waals surface area contributed by atoms with Crippen molar-refractivity contribution in [2.75, 3.05) is 46.8 Å². The zero-order chi connectivity index (χ0) is 11.5. The highest BCUT2D eigenvalue weighted by molar-refractivity contribution is 4.87. The maximum atomic E-state index is 3.45. The molecule has 1 N–H and O–H groups in total. The number of piperidine rings is 1. The van der Waals surface area contributed by atoms with Crippen molar-refractivity contribution in [3.05, 3.63) is 0 Å². The Balaban J connectivity index is 1.78. The Morgan fingerprint density at radius 3 is 2.44 bits per heavy atom. The lowest BCUT2D eigenvalue weighted by atomic mass is 9.98. The lowest BCUT2D eigenvalue weighted by Gasteiger charge is -2.27. The summed E-state index contributed by atoms with van der Waals surface area (Å²) in [6.07, 6.45) is 2.75. The van der Waals surface area contributed by atoms with E-state index in [0.717, 1.165) is 17.9 Å². The van der Waals surface area contributed by atoms with E-state index in [1.54, 1.807) is 0 Å². The molecule has 0 amide bonds. The highest BCUT2D eigenvalue weighted by Crippen LogP contribution is 2.23. The molecule has 0 saturated carbocycles. The van der Waals surface area contributed by atoms with Gasteiger partial charge < -0.3 is 15.1 Å². The molecule has 0 bridgehead atoms. The molecular formula is C13H27N3. The summed E-state index contributed by atoms with van der Waals surface area (Å²) in [5.74, 6) is 1.77. The molecule has 0 aliphatic carbocycles. The van der Waals surface area contributed by atoms with Gasteiger partial charge >= 0.3 is 0 Å². The first kappa shape index (κ1) is 12.3. The molecule has 2 rings (SSSR count). The van der Waals surface area contributed by atoms with Crippen LogP contribution in [0.5, 0.6) is 0 Å². The number of hydrogen-bond acceptors (Lipinski definition) is 3. The van der Waals surface area contributed by atoms with Crippen LogP contribution >= 0.6 is 0 Å². The number of rotatable bonds is 3. The van der Waals surface area contributed by atoms with Crippen molar-refractivity contribution in [2.24, 2.45) is 11.8 Å². The minimum Gasteiger partial charge on any atom is -0.317 e. The van der Waals surface area contributed by atoms with Crippen molar-refractivity contribution in [1.82, 2.24) is 15.1 Å². The van der Waals surface area contributed by atoms with E-state index in [9.17, 15) is 0 Å². The van der Waals surface area contributed by atoms with E-state index in [2.05, 4.69) is 36.1 Å². The molecule has 2 fully saturated rings. The summed E-state index contributed by atoms with van der Waals surface area (Å²) >= 11 is 0. The monoisotopic (exact) mass is 225 g/mol. The van der Waals surface area contributed by atoms with Crippen molar-refractivity contribution in [3.63, 3.8) is 0 Å². The quantitative estimate of drug-likeness (QED) is 0.769. The van der Waals surface area contributed by atoms with Gasteiger partial charge in [0.15, 0.2) is 0 Å². The van der Waals surface area contributed by atoms with Crippen molar-refractivity contribution in [1.29, 1.82) is 0 Å². The Bertz CT molecular complexity index is 211. The number of nitrogens with zero attached hydrogens (tertiary/aromatic N) is 2. The summed E-state index contributed by atoms with van der Waals surface area (Å²) in [4.78, 5) is 5.08. The molecule has 94 valence electrons. The largest absolute Gasteiger partial charge is 0.317 e. The van der Waals surface area contributed by atoms with E-state index < -0.39 is 0 Å². The molecule has 0 aromatic carbocycles. The van der Waals surface area contributed by atoms with Crippen LogP contribution in [-0.4, -0.2) is 62.7 Å². The first-order chi connectivity index (χ1) is 7.66. The third-order valence-electron chi connectivity index (χ3n) is 4.29. The smallest absolute Gasteiger partial charge is 0.0254 e. The zero-order valence-corrected chi connectivity index (χ0v) is 11.1. The molecular weight excluding hydrogens is 198 g/mol. The Morgan fingerprint density at radius 2 is 1.88 bits per heavy atom. The molecule has 0 radical (unpaired) electrons. The Kier molecular flexibility index (Phi) is 4.22. The molecule has 3 heteroatoms. The van der Waals surface area contributed by atoms with Gasteiger partial charge in [-0.2, -0.15) is 0 Å². The van der Waals surface area contributed by atoms with Gasteiger partial charge in [-0.05, 0) is 51.9 Å². The third kappa shape index (κ3) is 2.96. The maximum Gasteiger partial charge on any atom is 0.0254 e. The van der Waals surface area contributed by atoms with Gasteiger partial charge in [-0.15, -0.1) is 0 Å². The molecule has 2 aliphatic heterocycles. The Morgan fingerprint density at radius 1 is 1.19 bits per heavy atom. The van der Waals surface area contributed by atoms with Gasteiger partial charge in [-0.25, -0.2) is 0 Å². The van der Waals surface area contributed by atoms with Gasteiger partial charge in [0.2, 0.25) is 0 Å². The van der Waals surface area contributed by atoms with E-state index in [1.807, 2.05) is 0 Å². The predicted molar refractivity (Wildman–Crippen MR) is 68.7 cm³/mol. The fourth-order valence-electron chi connectivity index (χ4n) is 3.30. The summed E-state index contributed by atoms with van der Waals surface area (Å²) in [6.45, 7) is 8.75. The summed E-state index contributed by atoms with van der Waals surface area (Å²) in [6, 6.07) is 0.765. The van der Waals surface area contributed by atoms with E-state index >= 15 is 0 Å². The van der Waals surface area contributed by atoms with Gasteiger partial charge in [0, 0.05) is 25.7 Å². The zero-order valence-electron chi connectivity index (χ0n) is 11.1. The number of likely N-dealkylation sites (N-methyl/N-ethyl adjacent to an activating group) is 1. The van der Waals surface area contributed by atoms with Gasteiger partial charge in [-0.1, -0.05) is 6.92 Å². The number of hydrogen-bond donors (Lipinski definition) is 1. The standard InChI is InChI=1S/C13H27N3/c1-11-8-16(10-13(11)15(2)3)9-12-4-6-14-7-5-12/h11-14H,4-10H2,1-3H3. The normalized spacial score (nSPS) is 33.8. The number of nitrogens with one attached hydrogen (secondary N) is 1. The first-order valence-electron chi connectivity index (χ1n) is 6.76. The second-order valence-electron chi connectivity index (χ2n) is 5.92. The van der Waals surface area contributed by atoms with Crippen LogP contribution in [0, 0.1) is 11.8 Å². The highest BCUT2D eigenvalue weighted by atomic mass is 15.2. The van der Waals surface area contributed by atoms with Crippen LogP contribution in [0.15, 0.2) is 0 Å². The van der Waals surface area contributed by atoms with Gasteiger partial charge in [0.25, 0.3) is 0 Å². The minimum atomic E-state index is 0.765. The fraction of sp³-hybridized carbons (Fsp3) is 1.00. The molecule has 2 atom stereocenters. The van der Waals surface area contributed by atoms with Crippen molar-refractivity contribution in [2.45, 2.75) is 25.8 Å². The van der Waals surface area contributed by atoms with Crippen LogP contribution < -0.4 is 5.32 Å². The van der Waals surface area contributed by atoms with E-state index in [4.69, 9.17) is 0 Å². The Hall–Kier alpha value is -0.120. The second-order valence-corrected chi connectivity index (χ2v) is 5.92. The molecule has 2 saturated heterocycles. The molecule has 3 nitrogen and oxygen atoms in total. The molecule has 2 unspecified atom stereocenters. The average Bonchev–Trinajstić information content (AvgIpc) is 2.61. The van der Waals surface area contributed by atoms with Crippen LogP contribution in [0.3, 0.4) is 0 Å². The maximum absolute atomic E-state index is 3.45. The van der Waals surface area contributed by atoms with Crippen molar-refractivity contribution in [3.8, 4) is 0 Å². The summed E-state index contributed by atoms with van der Waals surface area (Å²) in [5, 5.41) is 3.45. The Labute approximate surface area is 100 Å². The predicted octanol–water partition coefficient (Wildman–Crippen LogP) is 0.868. The molecule has 2 aliphatic rings. The summed E-state index contributed by atoms with van der Waals surface area (Å²) in [5.41, 5.74) is 0. The van der Waals surface area contributed by atoms with Crippen LogP contribution in [0.2, 0.25) is 0 Å². The molecule has 16 heavy (non-hydrogen) atoms. The molecule has 0 aromatic rings.